The Morgan fingerprint density at radius 2 is 1.88 bits per heavy atom. The van der Waals surface area contributed by atoms with Gasteiger partial charge in [0.1, 0.15) is 5.76 Å². The van der Waals surface area contributed by atoms with Gasteiger partial charge in [-0.2, -0.15) is 0 Å². The van der Waals surface area contributed by atoms with Gasteiger partial charge in [0.2, 0.25) is 0 Å². The molecule has 0 bridgehead atoms. The number of para-hydroxylation sites is 1. The fourth-order valence-corrected chi connectivity index (χ4v) is 4.06. The molecule has 1 atom stereocenters. The van der Waals surface area contributed by atoms with E-state index in [2.05, 4.69) is 15.9 Å². The number of methoxy groups -OCH3 is 2. The van der Waals surface area contributed by atoms with Crippen molar-refractivity contribution in [2.24, 2.45) is 0 Å². The smallest absolute Gasteiger partial charge is 0.295 e. The molecular weight excluding hydrogens is 476 g/mol. The number of rotatable bonds is 7. The van der Waals surface area contributed by atoms with Crippen LogP contribution in [-0.4, -0.2) is 68.0 Å². The summed E-state index contributed by atoms with van der Waals surface area (Å²) in [5.74, 6) is -0.715. The minimum absolute atomic E-state index is 0.0297. The lowest BCUT2D eigenvalue weighted by Gasteiger charge is -2.28. The lowest BCUT2D eigenvalue weighted by Crippen LogP contribution is -2.35. The third-order valence-corrected chi connectivity index (χ3v) is 6.38. The third kappa shape index (κ3) is 4.38. The summed E-state index contributed by atoms with van der Waals surface area (Å²) in [5, 5.41) is 11.2. The van der Waals surface area contributed by atoms with Gasteiger partial charge in [0.15, 0.2) is 11.5 Å². The number of ether oxygens (including phenoxy) is 2. The second kappa shape index (κ2) is 9.75. The summed E-state index contributed by atoms with van der Waals surface area (Å²) in [6.45, 7) is 2.74. The van der Waals surface area contributed by atoms with Gasteiger partial charge in [-0.25, -0.2) is 0 Å². The number of benzene rings is 2. The molecule has 1 fully saturated rings. The van der Waals surface area contributed by atoms with Crippen molar-refractivity contribution in [1.82, 2.24) is 9.80 Å². The molecule has 1 aliphatic heterocycles. The van der Waals surface area contributed by atoms with Crippen LogP contribution in [0.2, 0.25) is 0 Å². The van der Waals surface area contributed by atoms with E-state index in [0.29, 0.717) is 35.7 Å². The van der Waals surface area contributed by atoms with E-state index in [0.717, 1.165) is 10.0 Å². The molecule has 0 radical (unpaired) electrons. The van der Waals surface area contributed by atoms with Gasteiger partial charge < -0.3 is 24.4 Å². The van der Waals surface area contributed by atoms with Gasteiger partial charge in [-0.1, -0.05) is 34.1 Å². The van der Waals surface area contributed by atoms with Crippen LogP contribution in [0.1, 0.15) is 22.7 Å². The van der Waals surface area contributed by atoms with Crippen molar-refractivity contribution >= 4 is 33.4 Å². The number of likely N-dealkylation sites (tertiary alicyclic amines) is 1. The first-order valence-electron chi connectivity index (χ1n) is 10.1. The van der Waals surface area contributed by atoms with Gasteiger partial charge in [-0.05, 0) is 44.8 Å². The van der Waals surface area contributed by atoms with Crippen LogP contribution in [-0.2, 0) is 9.59 Å². The monoisotopic (exact) mass is 502 g/mol. The van der Waals surface area contributed by atoms with Gasteiger partial charge in [0.25, 0.3) is 11.7 Å². The van der Waals surface area contributed by atoms with Crippen LogP contribution in [0.4, 0.5) is 0 Å². The molecule has 170 valence electrons. The zero-order valence-electron chi connectivity index (χ0n) is 18.8. The maximum Gasteiger partial charge on any atom is 0.295 e. The number of aliphatic hydroxyl groups is 1. The molecule has 1 saturated heterocycles. The van der Waals surface area contributed by atoms with Crippen molar-refractivity contribution in [2.75, 3.05) is 41.4 Å². The SMILES string of the molecule is COc1cccc(C2/C(=C(\O)c3ccc(Br)c(C)c3)C(=O)C(=O)N2CCN(C)C)c1OC. The van der Waals surface area contributed by atoms with Crippen molar-refractivity contribution in [3.05, 3.63) is 63.1 Å². The quantitative estimate of drug-likeness (QED) is 0.352. The topological polar surface area (TPSA) is 79.3 Å². The van der Waals surface area contributed by atoms with Crippen LogP contribution >= 0.6 is 15.9 Å². The maximum absolute atomic E-state index is 13.2. The molecular formula is C24H27BrN2O5. The van der Waals surface area contributed by atoms with E-state index in [-0.39, 0.29) is 11.3 Å². The number of aryl methyl sites for hydroxylation is 1. The molecule has 1 aliphatic rings. The first kappa shape index (κ1) is 23.8. The van der Waals surface area contributed by atoms with Crippen molar-refractivity contribution in [2.45, 2.75) is 13.0 Å². The number of hydrogen-bond donors (Lipinski definition) is 1. The number of hydrogen-bond acceptors (Lipinski definition) is 6. The Bertz CT molecular complexity index is 1080. The summed E-state index contributed by atoms with van der Waals surface area (Å²) in [5.41, 5.74) is 1.96. The number of Topliss-reactive ketones (excluding diaryl/α,β-unsaturated/α-hetero) is 1. The van der Waals surface area contributed by atoms with E-state index in [4.69, 9.17) is 9.47 Å². The van der Waals surface area contributed by atoms with Crippen LogP contribution < -0.4 is 9.47 Å². The van der Waals surface area contributed by atoms with E-state index in [1.54, 1.807) is 36.4 Å². The van der Waals surface area contributed by atoms with Crippen molar-refractivity contribution in [1.29, 1.82) is 0 Å². The molecule has 0 saturated carbocycles. The number of nitrogens with zero attached hydrogens (tertiary/aromatic N) is 2. The molecule has 0 spiro atoms. The summed E-state index contributed by atoms with van der Waals surface area (Å²) < 4.78 is 11.9. The molecule has 7 nitrogen and oxygen atoms in total. The van der Waals surface area contributed by atoms with Crippen LogP contribution in [0.15, 0.2) is 46.4 Å². The summed E-state index contributed by atoms with van der Waals surface area (Å²) in [6.07, 6.45) is 0. The zero-order chi connectivity index (χ0) is 23.6. The molecule has 0 aromatic heterocycles. The Morgan fingerprint density at radius 3 is 2.47 bits per heavy atom. The second-order valence-electron chi connectivity index (χ2n) is 7.84. The summed E-state index contributed by atoms with van der Waals surface area (Å²) in [6, 6.07) is 9.75. The Kier molecular flexibility index (Phi) is 7.26. The third-order valence-electron chi connectivity index (χ3n) is 5.49. The molecule has 2 aromatic rings. The number of amides is 1. The average molecular weight is 503 g/mol. The van der Waals surface area contributed by atoms with E-state index in [1.807, 2.05) is 25.9 Å². The fourth-order valence-electron chi connectivity index (χ4n) is 3.82. The Morgan fingerprint density at radius 1 is 1.16 bits per heavy atom. The lowest BCUT2D eigenvalue weighted by molar-refractivity contribution is -0.140. The van der Waals surface area contributed by atoms with E-state index in [1.165, 1.54) is 19.1 Å². The van der Waals surface area contributed by atoms with Crippen LogP contribution in [0.25, 0.3) is 5.76 Å². The number of halogens is 1. The largest absolute Gasteiger partial charge is 0.507 e. The lowest BCUT2D eigenvalue weighted by atomic mass is 9.94. The predicted octanol–water partition coefficient (Wildman–Crippen LogP) is 3.76. The maximum atomic E-state index is 13.2. The zero-order valence-corrected chi connectivity index (χ0v) is 20.4. The Hall–Kier alpha value is -2.84. The van der Waals surface area contributed by atoms with Crippen LogP contribution in [0.5, 0.6) is 11.5 Å². The highest BCUT2D eigenvalue weighted by atomic mass is 79.9. The summed E-state index contributed by atoms with van der Waals surface area (Å²) in [7, 11) is 6.81. The molecule has 1 unspecified atom stereocenters. The molecule has 1 heterocycles. The van der Waals surface area contributed by atoms with Crippen molar-refractivity contribution in [3.63, 3.8) is 0 Å². The van der Waals surface area contributed by atoms with Crippen molar-refractivity contribution in [3.8, 4) is 11.5 Å². The van der Waals surface area contributed by atoms with Gasteiger partial charge in [0.05, 0.1) is 25.8 Å². The average Bonchev–Trinajstić information content (AvgIpc) is 3.02. The number of carbonyl (C=O) groups excluding carboxylic acids is 2. The van der Waals surface area contributed by atoms with Crippen molar-refractivity contribution < 1.29 is 24.2 Å². The summed E-state index contributed by atoms with van der Waals surface area (Å²) >= 11 is 3.45. The first-order valence-corrected chi connectivity index (χ1v) is 10.9. The molecule has 1 N–H and O–H groups in total. The summed E-state index contributed by atoms with van der Waals surface area (Å²) in [4.78, 5) is 29.6. The highest BCUT2D eigenvalue weighted by Crippen LogP contribution is 2.45. The van der Waals surface area contributed by atoms with E-state index in [9.17, 15) is 14.7 Å². The van der Waals surface area contributed by atoms with E-state index < -0.39 is 17.7 Å². The van der Waals surface area contributed by atoms with Crippen LogP contribution in [0.3, 0.4) is 0 Å². The highest BCUT2D eigenvalue weighted by molar-refractivity contribution is 9.10. The number of ketones is 1. The molecule has 2 aromatic carbocycles. The Labute approximate surface area is 196 Å². The number of likely N-dealkylation sites (N-methyl/N-ethyl adjacent to an activating group) is 1. The minimum Gasteiger partial charge on any atom is -0.507 e. The molecule has 0 aliphatic carbocycles. The molecule has 3 rings (SSSR count). The van der Waals surface area contributed by atoms with Gasteiger partial charge >= 0.3 is 0 Å². The standard InChI is InChI=1S/C24H27BrN2O5/c1-14-13-15(9-10-17(14)25)21(28)19-20(16-7-6-8-18(31-4)23(16)32-5)27(12-11-26(2)3)24(30)22(19)29/h6-10,13,20,28H,11-12H2,1-5H3/b21-19+. The van der Waals surface area contributed by atoms with Gasteiger partial charge in [-0.15, -0.1) is 0 Å². The molecule has 8 heteroatoms. The van der Waals surface area contributed by atoms with E-state index >= 15 is 0 Å². The second-order valence-corrected chi connectivity index (χ2v) is 8.70. The van der Waals surface area contributed by atoms with Gasteiger partial charge in [-0.3, -0.25) is 9.59 Å². The minimum atomic E-state index is -0.816. The fraction of sp³-hybridized carbons (Fsp3) is 0.333. The normalized spacial score (nSPS) is 17.8. The molecule has 1 amide bonds. The first-order chi connectivity index (χ1) is 15.2. The molecule has 32 heavy (non-hydrogen) atoms. The Balaban J connectivity index is 2.26. The number of carbonyl (C=O) groups is 2. The highest BCUT2D eigenvalue weighted by Gasteiger charge is 2.47. The van der Waals surface area contributed by atoms with Gasteiger partial charge in [0, 0.05) is 28.7 Å². The predicted molar refractivity (Wildman–Crippen MR) is 126 cm³/mol. The van der Waals surface area contributed by atoms with Crippen LogP contribution in [0, 0.1) is 6.92 Å². The number of aliphatic hydroxyl groups excluding tert-OH is 1.